The van der Waals surface area contributed by atoms with Gasteiger partial charge < -0.3 is 4.57 Å². The number of nitrogens with one attached hydrogen (secondary N) is 1. The maximum Gasteiger partial charge on any atom is 0.250 e. The Labute approximate surface area is 187 Å². The van der Waals surface area contributed by atoms with Crippen molar-refractivity contribution in [2.75, 3.05) is 5.75 Å². The number of hydrogen-bond acceptors (Lipinski definition) is 4. The van der Waals surface area contributed by atoms with Gasteiger partial charge in [0.2, 0.25) is 0 Å². The standard InChI is InChI=1S/C23H19BrN4OS/c24-19-10-6-9-18(13-19)14-25-27-22(29)16-30-23-26-20-11-4-5-12-21(20)28(23)15-17-7-2-1-3-8-17/h1-14H,15-16H2,(H,27,29)/b25-14+. The van der Waals surface area contributed by atoms with Crippen LogP contribution >= 0.6 is 27.7 Å². The van der Waals surface area contributed by atoms with Crippen molar-refractivity contribution in [1.82, 2.24) is 15.0 Å². The minimum Gasteiger partial charge on any atom is -0.314 e. The maximum atomic E-state index is 12.3. The number of hydrogen-bond donors (Lipinski definition) is 1. The Morgan fingerprint density at radius 3 is 2.70 bits per heavy atom. The molecule has 0 fully saturated rings. The zero-order valence-corrected chi connectivity index (χ0v) is 18.4. The van der Waals surface area contributed by atoms with Crippen molar-refractivity contribution >= 4 is 50.8 Å². The number of para-hydroxylation sites is 2. The van der Waals surface area contributed by atoms with Crippen LogP contribution < -0.4 is 5.43 Å². The molecule has 4 rings (SSSR count). The van der Waals surface area contributed by atoms with Crippen LogP contribution in [-0.4, -0.2) is 27.4 Å². The molecule has 0 atom stereocenters. The van der Waals surface area contributed by atoms with E-state index in [-0.39, 0.29) is 11.7 Å². The van der Waals surface area contributed by atoms with Crippen LogP contribution in [0.15, 0.2) is 93.6 Å². The number of halogens is 1. The Bertz CT molecular complexity index is 1190. The molecular weight excluding hydrogens is 460 g/mol. The first-order chi connectivity index (χ1) is 14.7. The number of rotatable bonds is 7. The average Bonchev–Trinajstić information content (AvgIpc) is 3.10. The summed E-state index contributed by atoms with van der Waals surface area (Å²) in [4.78, 5) is 17.0. The zero-order valence-electron chi connectivity index (χ0n) is 16.0. The number of carbonyl (C=O) groups is 1. The molecule has 0 saturated carbocycles. The molecule has 150 valence electrons. The van der Waals surface area contributed by atoms with Gasteiger partial charge in [-0.15, -0.1) is 0 Å². The van der Waals surface area contributed by atoms with E-state index in [2.05, 4.69) is 49.2 Å². The Morgan fingerprint density at radius 2 is 1.87 bits per heavy atom. The van der Waals surface area contributed by atoms with Crippen molar-refractivity contribution in [1.29, 1.82) is 0 Å². The first kappa shape index (κ1) is 20.4. The number of hydrazone groups is 1. The lowest BCUT2D eigenvalue weighted by atomic mass is 10.2. The molecule has 4 aromatic rings. The van der Waals surface area contributed by atoms with E-state index in [0.29, 0.717) is 6.54 Å². The monoisotopic (exact) mass is 478 g/mol. The SMILES string of the molecule is O=C(CSc1nc2ccccc2n1Cc1ccccc1)N/N=C/c1cccc(Br)c1. The van der Waals surface area contributed by atoms with E-state index >= 15 is 0 Å². The van der Waals surface area contributed by atoms with Crippen LogP contribution in [-0.2, 0) is 11.3 Å². The zero-order chi connectivity index (χ0) is 20.8. The summed E-state index contributed by atoms with van der Waals surface area (Å²) >= 11 is 4.82. The van der Waals surface area contributed by atoms with E-state index in [4.69, 9.17) is 4.98 Å². The molecule has 1 amide bonds. The highest BCUT2D eigenvalue weighted by Crippen LogP contribution is 2.25. The Kier molecular flexibility index (Phi) is 6.61. The number of amides is 1. The summed E-state index contributed by atoms with van der Waals surface area (Å²) in [6, 6.07) is 26.0. The fourth-order valence-corrected chi connectivity index (χ4v) is 4.23. The lowest BCUT2D eigenvalue weighted by Crippen LogP contribution is -2.20. The van der Waals surface area contributed by atoms with Gasteiger partial charge in [-0.3, -0.25) is 4.79 Å². The van der Waals surface area contributed by atoms with E-state index in [0.717, 1.165) is 26.2 Å². The van der Waals surface area contributed by atoms with Crippen molar-refractivity contribution in [2.24, 2.45) is 5.10 Å². The van der Waals surface area contributed by atoms with Gasteiger partial charge in [0.15, 0.2) is 5.16 Å². The largest absolute Gasteiger partial charge is 0.314 e. The van der Waals surface area contributed by atoms with Crippen LogP contribution in [0.5, 0.6) is 0 Å². The first-order valence-electron chi connectivity index (χ1n) is 9.38. The summed E-state index contributed by atoms with van der Waals surface area (Å²) in [5, 5.41) is 4.85. The van der Waals surface area contributed by atoms with Crippen LogP contribution in [0.2, 0.25) is 0 Å². The third-order valence-corrected chi connectivity index (χ3v) is 5.86. The minimum absolute atomic E-state index is 0.176. The van der Waals surface area contributed by atoms with Crippen LogP contribution in [0, 0.1) is 0 Å². The quantitative estimate of drug-likeness (QED) is 0.228. The van der Waals surface area contributed by atoms with Gasteiger partial charge in [0.1, 0.15) is 0 Å². The minimum atomic E-state index is -0.176. The van der Waals surface area contributed by atoms with Crippen LogP contribution in [0.25, 0.3) is 11.0 Å². The number of thioether (sulfide) groups is 1. The lowest BCUT2D eigenvalue weighted by molar-refractivity contribution is -0.118. The molecule has 1 heterocycles. The summed E-state index contributed by atoms with van der Waals surface area (Å²) < 4.78 is 3.11. The molecule has 3 aromatic carbocycles. The molecule has 0 aliphatic heterocycles. The van der Waals surface area contributed by atoms with Crippen LogP contribution in [0.4, 0.5) is 0 Å². The number of aromatic nitrogens is 2. The van der Waals surface area contributed by atoms with Crippen molar-refractivity contribution in [3.63, 3.8) is 0 Å². The third-order valence-electron chi connectivity index (χ3n) is 4.39. The van der Waals surface area contributed by atoms with Gasteiger partial charge in [-0.05, 0) is 35.4 Å². The highest BCUT2D eigenvalue weighted by atomic mass is 79.9. The molecule has 7 heteroatoms. The predicted octanol–water partition coefficient (Wildman–Crippen LogP) is 5.09. The van der Waals surface area contributed by atoms with Gasteiger partial charge in [-0.1, -0.05) is 82.3 Å². The Balaban J connectivity index is 1.44. The van der Waals surface area contributed by atoms with E-state index < -0.39 is 0 Å². The molecule has 0 radical (unpaired) electrons. The molecule has 0 aliphatic rings. The molecule has 0 spiro atoms. The van der Waals surface area contributed by atoms with E-state index in [1.807, 2.05) is 60.7 Å². The van der Waals surface area contributed by atoms with E-state index in [1.165, 1.54) is 17.3 Å². The molecule has 1 N–H and O–H groups in total. The molecule has 0 unspecified atom stereocenters. The van der Waals surface area contributed by atoms with Gasteiger partial charge in [-0.25, -0.2) is 10.4 Å². The van der Waals surface area contributed by atoms with Gasteiger partial charge in [0.25, 0.3) is 5.91 Å². The number of fused-ring (bicyclic) bond motifs is 1. The smallest absolute Gasteiger partial charge is 0.250 e. The second kappa shape index (κ2) is 9.73. The Morgan fingerprint density at radius 1 is 1.07 bits per heavy atom. The fraction of sp³-hybridized carbons (Fsp3) is 0.0870. The first-order valence-corrected chi connectivity index (χ1v) is 11.2. The molecule has 30 heavy (non-hydrogen) atoms. The van der Waals surface area contributed by atoms with Gasteiger partial charge in [0, 0.05) is 4.47 Å². The normalized spacial score (nSPS) is 11.2. The van der Waals surface area contributed by atoms with Crippen molar-refractivity contribution in [3.8, 4) is 0 Å². The molecule has 5 nitrogen and oxygen atoms in total. The summed E-state index contributed by atoms with van der Waals surface area (Å²) in [6.45, 7) is 0.701. The molecule has 1 aromatic heterocycles. The van der Waals surface area contributed by atoms with E-state index in [1.54, 1.807) is 6.21 Å². The summed E-state index contributed by atoms with van der Waals surface area (Å²) in [7, 11) is 0. The topological polar surface area (TPSA) is 59.3 Å². The summed E-state index contributed by atoms with van der Waals surface area (Å²) in [6.07, 6.45) is 1.62. The molecule has 0 saturated heterocycles. The molecular formula is C23H19BrN4OS. The summed E-state index contributed by atoms with van der Waals surface area (Å²) in [5.74, 6) is 0.0538. The number of nitrogens with zero attached hydrogens (tertiary/aromatic N) is 3. The van der Waals surface area contributed by atoms with E-state index in [9.17, 15) is 4.79 Å². The number of benzene rings is 3. The lowest BCUT2D eigenvalue weighted by Gasteiger charge is -2.09. The number of carbonyl (C=O) groups excluding carboxylic acids is 1. The second-order valence-corrected chi connectivity index (χ2v) is 8.45. The fourth-order valence-electron chi connectivity index (χ4n) is 3.01. The van der Waals surface area contributed by atoms with Crippen molar-refractivity contribution in [3.05, 3.63) is 94.5 Å². The van der Waals surface area contributed by atoms with Gasteiger partial charge in [0.05, 0.1) is 29.5 Å². The van der Waals surface area contributed by atoms with Gasteiger partial charge in [-0.2, -0.15) is 5.10 Å². The summed E-state index contributed by atoms with van der Waals surface area (Å²) in [5.41, 5.74) is 6.64. The van der Waals surface area contributed by atoms with Crippen molar-refractivity contribution in [2.45, 2.75) is 11.7 Å². The van der Waals surface area contributed by atoms with Crippen LogP contribution in [0.1, 0.15) is 11.1 Å². The predicted molar refractivity (Wildman–Crippen MR) is 126 cm³/mol. The third kappa shape index (κ3) is 5.17. The average molecular weight is 479 g/mol. The van der Waals surface area contributed by atoms with Crippen LogP contribution in [0.3, 0.4) is 0 Å². The van der Waals surface area contributed by atoms with Gasteiger partial charge >= 0.3 is 0 Å². The maximum absolute atomic E-state index is 12.3. The second-order valence-electron chi connectivity index (χ2n) is 6.59. The highest BCUT2D eigenvalue weighted by Gasteiger charge is 2.13. The molecule has 0 bridgehead atoms. The van der Waals surface area contributed by atoms with Crippen molar-refractivity contribution < 1.29 is 4.79 Å². The number of imidazole rings is 1. The highest BCUT2D eigenvalue weighted by molar-refractivity contribution is 9.10. The molecule has 0 aliphatic carbocycles. The Hall–Kier alpha value is -2.90.